The number of pyridine rings is 1. The minimum atomic E-state index is -0.710. The lowest BCUT2D eigenvalue weighted by Crippen LogP contribution is -2.40. The first-order valence-corrected chi connectivity index (χ1v) is 10.4. The van der Waals surface area contributed by atoms with Crippen LogP contribution in [0.2, 0.25) is 0 Å². The van der Waals surface area contributed by atoms with E-state index in [2.05, 4.69) is 26.0 Å². The quantitative estimate of drug-likeness (QED) is 0.728. The van der Waals surface area contributed by atoms with Crippen molar-refractivity contribution in [2.45, 2.75) is 37.8 Å². The Morgan fingerprint density at radius 3 is 2.83 bits per heavy atom. The fraction of sp³-hybridized carbons (Fsp3) is 0.400. The number of hydrogen-bond acceptors (Lipinski definition) is 7. The maximum absolute atomic E-state index is 11.3. The van der Waals surface area contributed by atoms with Gasteiger partial charge in [0.05, 0.1) is 22.0 Å². The van der Waals surface area contributed by atoms with Crippen LogP contribution in [0.5, 0.6) is 0 Å². The number of rotatable bonds is 3. The Bertz CT molecular complexity index is 1030. The summed E-state index contributed by atoms with van der Waals surface area (Å²) in [6, 6.07) is 3.81. The van der Waals surface area contributed by atoms with Crippen molar-refractivity contribution < 1.29 is 14.3 Å². The van der Waals surface area contributed by atoms with Gasteiger partial charge in [-0.05, 0) is 53.7 Å². The van der Waals surface area contributed by atoms with Gasteiger partial charge in [-0.25, -0.2) is 5.01 Å². The first-order chi connectivity index (χ1) is 14.0. The number of hydrogen-bond donors (Lipinski definition) is 2. The Labute approximate surface area is 175 Å². The second-order valence-corrected chi connectivity index (χ2v) is 8.50. The van der Waals surface area contributed by atoms with Gasteiger partial charge in [0, 0.05) is 29.9 Å². The number of aromatic nitrogens is 1. The number of allylic oxidation sites excluding steroid dienone is 1. The standard InChI is InChI=1S/C20H20BrN5O3/c21-16-17(10-1-3-11(4-2-10)20(27)28)25-19-13(9-24-26(19)18(16)22)15-7-12-8-23-6-5-14(12)29-15/h5-11,13,19H,1-4,22H2,(H,27,28)/t10-,11-,13?,19?. The molecule has 5 rings (SSSR count). The molecule has 0 amide bonds. The second-order valence-electron chi connectivity index (χ2n) is 7.71. The number of aliphatic imine (C=N–C) groups is 1. The average Bonchev–Trinajstić information content (AvgIpc) is 3.34. The third kappa shape index (κ3) is 3.04. The number of hydrazone groups is 1. The number of nitrogens with zero attached hydrogens (tertiary/aromatic N) is 4. The predicted octanol–water partition coefficient (Wildman–Crippen LogP) is 3.41. The molecule has 3 aliphatic rings. The Morgan fingerprint density at radius 1 is 1.31 bits per heavy atom. The molecule has 2 aromatic heterocycles. The maximum Gasteiger partial charge on any atom is 0.306 e. The van der Waals surface area contributed by atoms with Crippen molar-refractivity contribution in [3.63, 3.8) is 0 Å². The van der Waals surface area contributed by atoms with Crippen molar-refractivity contribution in [1.29, 1.82) is 0 Å². The zero-order valence-corrected chi connectivity index (χ0v) is 17.1. The van der Waals surface area contributed by atoms with Crippen molar-refractivity contribution >= 4 is 44.8 Å². The highest BCUT2D eigenvalue weighted by atomic mass is 79.9. The van der Waals surface area contributed by atoms with Gasteiger partial charge in [-0.2, -0.15) is 5.10 Å². The third-order valence-electron chi connectivity index (χ3n) is 6.02. The lowest BCUT2D eigenvalue weighted by Gasteiger charge is -2.34. The molecule has 0 aromatic carbocycles. The van der Waals surface area contributed by atoms with Gasteiger partial charge >= 0.3 is 5.97 Å². The first kappa shape index (κ1) is 18.4. The number of furan rings is 1. The van der Waals surface area contributed by atoms with Crippen LogP contribution >= 0.6 is 15.9 Å². The van der Waals surface area contributed by atoms with Crippen LogP contribution in [0.4, 0.5) is 0 Å². The van der Waals surface area contributed by atoms with Gasteiger partial charge in [0.25, 0.3) is 0 Å². The summed E-state index contributed by atoms with van der Waals surface area (Å²) in [7, 11) is 0. The molecular formula is C20H20BrN5O3. The predicted molar refractivity (Wildman–Crippen MR) is 112 cm³/mol. The van der Waals surface area contributed by atoms with Crippen LogP contribution < -0.4 is 5.73 Å². The zero-order chi connectivity index (χ0) is 20.1. The van der Waals surface area contributed by atoms with Gasteiger partial charge < -0.3 is 15.3 Å². The molecule has 4 heterocycles. The molecule has 2 atom stereocenters. The van der Waals surface area contributed by atoms with E-state index < -0.39 is 5.97 Å². The Hall–Kier alpha value is -2.68. The van der Waals surface area contributed by atoms with Gasteiger partial charge in [-0.15, -0.1) is 0 Å². The van der Waals surface area contributed by atoms with E-state index in [0.717, 1.165) is 39.8 Å². The molecule has 2 aromatic rings. The average molecular weight is 458 g/mol. The van der Waals surface area contributed by atoms with E-state index in [1.54, 1.807) is 17.4 Å². The van der Waals surface area contributed by atoms with E-state index in [1.165, 1.54) is 0 Å². The fourth-order valence-corrected chi connectivity index (χ4v) is 5.01. The fourth-order valence-electron chi connectivity index (χ4n) is 4.40. The number of halogens is 1. The molecule has 1 saturated carbocycles. The van der Waals surface area contributed by atoms with Crippen LogP contribution in [-0.4, -0.2) is 39.2 Å². The first-order valence-electron chi connectivity index (χ1n) is 9.66. The Balaban J connectivity index is 1.45. The molecule has 1 fully saturated rings. The molecule has 3 N–H and O–H groups in total. The maximum atomic E-state index is 11.3. The number of carboxylic acids is 1. The van der Waals surface area contributed by atoms with Gasteiger partial charge in [-0.3, -0.25) is 14.8 Å². The SMILES string of the molecule is NC1=C(Br)C([C@H]2CC[C@H](C(=O)O)CC2)=NC2C(c3cc4cnccc4o3)C=NN12. The number of aliphatic carboxylic acids is 1. The lowest BCUT2D eigenvalue weighted by atomic mass is 9.79. The number of carbonyl (C=O) groups is 1. The van der Waals surface area contributed by atoms with E-state index in [9.17, 15) is 9.90 Å². The zero-order valence-electron chi connectivity index (χ0n) is 15.5. The van der Waals surface area contributed by atoms with Crippen molar-refractivity contribution in [1.82, 2.24) is 9.99 Å². The van der Waals surface area contributed by atoms with Gasteiger partial charge in [0.2, 0.25) is 0 Å². The molecule has 0 bridgehead atoms. The summed E-state index contributed by atoms with van der Waals surface area (Å²) in [5, 5.41) is 16.4. The molecule has 29 heavy (non-hydrogen) atoms. The summed E-state index contributed by atoms with van der Waals surface area (Å²) in [6.07, 6.45) is 7.86. The smallest absolute Gasteiger partial charge is 0.306 e. The van der Waals surface area contributed by atoms with Crippen LogP contribution in [-0.2, 0) is 4.79 Å². The molecule has 9 heteroatoms. The minimum Gasteiger partial charge on any atom is -0.481 e. The molecule has 150 valence electrons. The molecule has 0 saturated heterocycles. The van der Waals surface area contributed by atoms with E-state index >= 15 is 0 Å². The number of nitrogens with two attached hydrogens (primary N) is 1. The monoisotopic (exact) mass is 457 g/mol. The van der Waals surface area contributed by atoms with Crippen LogP contribution in [0, 0.1) is 11.8 Å². The van der Waals surface area contributed by atoms with E-state index in [0.29, 0.717) is 18.7 Å². The molecule has 0 spiro atoms. The molecular weight excluding hydrogens is 438 g/mol. The van der Waals surface area contributed by atoms with Gasteiger partial charge in [0.1, 0.15) is 17.2 Å². The second kappa shape index (κ2) is 6.98. The highest BCUT2D eigenvalue weighted by Crippen LogP contribution is 2.40. The normalized spacial score (nSPS) is 29.3. The molecule has 1 aliphatic carbocycles. The molecule has 8 nitrogen and oxygen atoms in total. The number of carboxylic acid groups (broad SMARTS) is 1. The summed E-state index contributed by atoms with van der Waals surface area (Å²) < 4.78 is 6.77. The van der Waals surface area contributed by atoms with Crippen molar-refractivity contribution in [2.24, 2.45) is 27.7 Å². The van der Waals surface area contributed by atoms with Crippen LogP contribution in [0.25, 0.3) is 11.0 Å². The van der Waals surface area contributed by atoms with Crippen LogP contribution in [0.15, 0.2) is 49.3 Å². The lowest BCUT2D eigenvalue weighted by molar-refractivity contribution is -0.142. The topological polar surface area (TPSA) is 117 Å². The van der Waals surface area contributed by atoms with Crippen LogP contribution in [0.1, 0.15) is 37.4 Å². The molecule has 2 unspecified atom stereocenters. The van der Waals surface area contributed by atoms with E-state index in [-0.39, 0.29) is 23.9 Å². The summed E-state index contributed by atoms with van der Waals surface area (Å²) in [5.74, 6) is 0.343. The van der Waals surface area contributed by atoms with Crippen molar-refractivity contribution in [3.05, 3.63) is 40.6 Å². The van der Waals surface area contributed by atoms with Crippen LogP contribution in [0.3, 0.4) is 0 Å². The van der Waals surface area contributed by atoms with Gasteiger partial charge in [0.15, 0.2) is 6.17 Å². The van der Waals surface area contributed by atoms with Gasteiger partial charge in [-0.1, -0.05) is 0 Å². The molecule has 0 radical (unpaired) electrons. The van der Waals surface area contributed by atoms with E-state index in [1.807, 2.05) is 18.3 Å². The molecule has 2 aliphatic heterocycles. The third-order valence-corrected chi connectivity index (χ3v) is 6.83. The highest BCUT2D eigenvalue weighted by molar-refractivity contribution is 9.12. The minimum absolute atomic E-state index is 0.160. The van der Waals surface area contributed by atoms with Crippen molar-refractivity contribution in [2.75, 3.05) is 0 Å². The summed E-state index contributed by atoms with van der Waals surface area (Å²) in [6.45, 7) is 0. The largest absolute Gasteiger partial charge is 0.481 e. The highest BCUT2D eigenvalue weighted by Gasteiger charge is 2.41. The Morgan fingerprint density at radius 2 is 2.10 bits per heavy atom. The van der Waals surface area contributed by atoms with E-state index in [4.69, 9.17) is 15.1 Å². The summed E-state index contributed by atoms with van der Waals surface area (Å²) >= 11 is 3.60. The summed E-state index contributed by atoms with van der Waals surface area (Å²) in [5.41, 5.74) is 8.06. The van der Waals surface area contributed by atoms with Crippen molar-refractivity contribution in [3.8, 4) is 0 Å². The number of fused-ring (bicyclic) bond motifs is 2. The Kier molecular flexibility index (Phi) is 4.42. The summed E-state index contributed by atoms with van der Waals surface area (Å²) in [4.78, 5) is 20.4.